The maximum absolute atomic E-state index is 12.0. The minimum absolute atomic E-state index is 0.502. The van der Waals surface area contributed by atoms with E-state index in [1.807, 2.05) is 0 Å². The zero-order chi connectivity index (χ0) is 14.4. The van der Waals surface area contributed by atoms with E-state index in [9.17, 15) is 9.59 Å². The van der Waals surface area contributed by atoms with Crippen LogP contribution in [0.4, 0.5) is 4.79 Å². The molecule has 0 bridgehead atoms. The molecule has 0 saturated carbocycles. The van der Waals surface area contributed by atoms with Crippen molar-refractivity contribution in [2.75, 3.05) is 14.2 Å². The fourth-order valence-corrected chi connectivity index (χ4v) is 1.57. The quantitative estimate of drug-likeness (QED) is 0.558. The van der Waals surface area contributed by atoms with E-state index < -0.39 is 18.0 Å². The minimum atomic E-state index is -0.775. The van der Waals surface area contributed by atoms with Crippen molar-refractivity contribution in [3.63, 3.8) is 0 Å². The average molecular weight is 287 g/mol. The summed E-state index contributed by atoms with van der Waals surface area (Å²) in [5.74, 6) is 5.14. The molecule has 1 aromatic carbocycles. The normalized spacial score (nSPS) is 11.8. The molecule has 1 aromatic rings. The van der Waals surface area contributed by atoms with Crippen LogP contribution in [0.15, 0.2) is 24.3 Å². The molecule has 1 unspecified atom stereocenters. The number of likely N-dealkylation sites (N-methyl/N-ethyl adjacent to an activating group) is 1. The lowest BCUT2D eigenvalue weighted by Gasteiger charge is -2.23. The van der Waals surface area contributed by atoms with Crippen molar-refractivity contribution in [2.24, 2.45) is 5.84 Å². The maximum atomic E-state index is 12.0. The molecular formula is C11H15ClN4O3. The number of nitrogens with zero attached hydrogens (tertiary/aromatic N) is 1. The summed E-state index contributed by atoms with van der Waals surface area (Å²) in [6.07, 6.45) is -0.775. The number of ether oxygens (including phenoxy) is 1. The van der Waals surface area contributed by atoms with Crippen LogP contribution in [0.25, 0.3) is 0 Å². The van der Waals surface area contributed by atoms with Crippen LogP contribution < -0.4 is 16.7 Å². The maximum Gasteiger partial charge on any atom is 0.425 e. The van der Waals surface area contributed by atoms with Gasteiger partial charge in [-0.15, -0.1) is 0 Å². The molecule has 0 saturated heterocycles. The first-order valence-electron chi connectivity index (χ1n) is 5.32. The zero-order valence-corrected chi connectivity index (χ0v) is 11.3. The van der Waals surface area contributed by atoms with Crippen LogP contribution in [-0.4, -0.2) is 31.2 Å². The Balaban J connectivity index is 2.80. The standard InChI is InChI=1S/C11H15ClN4O3/c1-16(13)9(7-3-5-8(12)6-4-7)10(17)14-15-11(18)19-2/h3-6,9H,13H2,1-2H3,(H,14,17)(H,15,18). The molecule has 0 radical (unpaired) electrons. The molecule has 4 N–H and O–H groups in total. The fraction of sp³-hybridized carbons (Fsp3) is 0.273. The van der Waals surface area contributed by atoms with E-state index in [0.717, 1.165) is 0 Å². The van der Waals surface area contributed by atoms with Gasteiger partial charge < -0.3 is 4.74 Å². The first-order valence-corrected chi connectivity index (χ1v) is 5.70. The lowest BCUT2D eigenvalue weighted by Crippen LogP contribution is -2.48. The number of hydrazine groups is 2. The SMILES string of the molecule is COC(=O)NNC(=O)C(c1ccc(Cl)cc1)N(C)N. The van der Waals surface area contributed by atoms with Crippen LogP contribution in [0.2, 0.25) is 5.02 Å². The molecule has 1 atom stereocenters. The molecular weight excluding hydrogens is 272 g/mol. The molecule has 0 aliphatic carbocycles. The summed E-state index contributed by atoms with van der Waals surface area (Å²) in [6.45, 7) is 0. The van der Waals surface area contributed by atoms with Crippen LogP contribution in [0.3, 0.4) is 0 Å². The van der Waals surface area contributed by atoms with Crippen molar-refractivity contribution >= 4 is 23.6 Å². The smallest absolute Gasteiger partial charge is 0.425 e. The first-order chi connectivity index (χ1) is 8.95. The molecule has 104 valence electrons. The van der Waals surface area contributed by atoms with Crippen molar-refractivity contribution in [1.29, 1.82) is 0 Å². The second-order valence-corrected chi connectivity index (χ2v) is 4.16. The summed E-state index contributed by atoms with van der Waals surface area (Å²) in [4.78, 5) is 22.8. The van der Waals surface area contributed by atoms with Crippen molar-refractivity contribution in [1.82, 2.24) is 15.9 Å². The van der Waals surface area contributed by atoms with E-state index in [1.165, 1.54) is 19.2 Å². The Morgan fingerprint density at radius 1 is 1.32 bits per heavy atom. The topological polar surface area (TPSA) is 96.7 Å². The molecule has 8 heteroatoms. The Bertz CT molecular complexity index is 450. The largest absolute Gasteiger partial charge is 0.452 e. The number of halogens is 1. The molecule has 19 heavy (non-hydrogen) atoms. The van der Waals surface area contributed by atoms with E-state index in [2.05, 4.69) is 15.6 Å². The Morgan fingerprint density at radius 3 is 2.37 bits per heavy atom. The molecule has 2 amide bonds. The predicted molar refractivity (Wildman–Crippen MR) is 69.8 cm³/mol. The van der Waals surface area contributed by atoms with Gasteiger partial charge in [-0.25, -0.2) is 15.2 Å². The van der Waals surface area contributed by atoms with Crippen LogP contribution in [-0.2, 0) is 9.53 Å². The number of nitrogens with one attached hydrogen (secondary N) is 2. The summed E-state index contributed by atoms with van der Waals surface area (Å²) >= 11 is 5.78. The van der Waals surface area contributed by atoms with Gasteiger partial charge in [-0.3, -0.25) is 16.1 Å². The van der Waals surface area contributed by atoms with E-state index in [0.29, 0.717) is 10.6 Å². The molecule has 7 nitrogen and oxygen atoms in total. The van der Waals surface area contributed by atoms with Gasteiger partial charge in [0.05, 0.1) is 7.11 Å². The number of hydrogen-bond donors (Lipinski definition) is 3. The Labute approximate surface area is 115 Å². The molecule has 1 rings (SSSR count). The van der Waals surface area contributed by atoms with E-state index >= 15 is 0 Å². The van der Waals surface area contributed by atoms with Gasteiger partial charge in [-0.05, 0) is 17.7 Å². The number of carbonyl (C=O) groups excluding carboxylic acids is 2. The molecule has 0 aliphatic rings. The lowest BCUT2D eigenvalue weighted by atomic mass is 10.1. The molecule has 0 aliphatic heterocycles. The van der Waals surface area contributed by atoms with Gasteiger partial charge in [-0.1, -0.05) is 23.7 Å². The second kappa shape index (κ2) is 6.93. The number of nitrogens with two attached hydrogens (primary N) is 1. The Morgan fingerprint density at radius 2 is 1.89 bits per heavy atom. The second-order valence-electron chi connectivity index (χ2n) is 3.73. The van der Waals surface area contributed by atoms with Crippen molar-refractivity contribution in [3.8, 4) is 0 Å². The highest BCUT2D eigenvalue weighted by Crippen LogP contribution is 2.19. The van der Waals surface area contributed by atoms with Gasteiger partial charge in [0.15, 0.2) is 0 Å². The Hall–Kier alpha value is -1.83. The van der Waals surface area contributed by atoms with Crippen LogP contribution >= 0.6 is 11.6 Å². The van der Waals surface area contributed by atoms with Gasteiger partial charge in [0.2, 0.25) is 0 Å². The number of carbonyl (C=O) groups is 2. The summed E-state index contributed by atoms with van der Waals surface area (Å²) in [6, 6.07) is 5.87. The Kier molecular flexibility index (Phi) is 5.56. The highest BCUT2D eigenvalue weighted by atomic mass is 35.5. The van der Waals surface area contributed by atoms with Gasteiger partial charge in [0.1, 0.15) is 6.04 Å². The van der Waals surface area contributed by atoms with Crippen LogP contribution in [0, 0.1) is 0 Å². The lowest BCUT2D eigenvalue weighted by molar-refractivity contribution is -0.127. The van der Waals surface area contributed by atoms with E-state index in [4.69, 9.17) is 17.4 Å². The summed E-state index contributed by atoms with van der Waals surface area (Å²) in [7, 11) is 2.73. The van der Waals surface area contributed by atoms with Crippen molar-refractivity contribution in [2.45, 2.75) is 6.04 Å². The van der Waals surface area contributed by atoms with Crippen molar-refractivity contribution < 1.29 is 14.3 Å². The van der Waals surface area contributed by atoms with Crippen LogP contribution in [0.5, 0.6) is 0 Å². The van der Waals surface area contributed by atoms with Gasteiger partial charge >= 0.3 is 6.09 Å². The minimum Gasteiger partial charge on any atom is -0.452 e. The first kappa shape index (κ1) is 15.2. The van der Waals surface area contributed by atoms with E-state index in [-0.39, 0.29) is 0 Å². The predicted octanol–water partition coefficient (Wildman–Crippen LogP) is 0.574. The number of hydrogen-bond acceptors (Lipinski definition) is 5. The van der Waals surface area contributed by atoms with Gasteiger partial charge in [-0.2, -0.15) is 0 Å². The van der Waals surface area contributed by atoms with Gasteiger partial charge in [0, 0.05) is 12.1 Å². The number of methoxy groups -OCH3 is 1. The molecule has 0 aromatic heterocycles. The van der Waals surface area contributed by atoms with Gasteiger partial charge in [0.25, 0.3) is 5.91 Å². The summed E-state index contributed by atoms with van der Waals surface area (Å²) in [5, 5.41) is 1.77. The third-order valence-corrected chi connectivity index (χ3v) is 2.57. The zero-order valence-electron chi connectivity index (χ0n) is 10.5. The summed E-state index contributed by atoms with van der Waals surface area (Å²) in [5.41, 5.74) is 4.93. The van der Waals surface area contributed by atoms with E-state index in [1.54, 1.807) is 24.3 Å². The number of amides is 2. The number of benzene rings is 1. The average Bonchev–Trinajstić information content (AvgIpc) is 2.38. The summed E-state index contributed by atoms with van der Waals surface area (Å²) < 4.78 is 4.34. The third-order valence-electron chi connectivity index (χ3n) is 2.31. The molecule has 0 heterocycles. The number of rotatable bonds is 3. The fourth-order valence-electron chi connectivity index (χ4n) is 1.45. The molecule has 0 fully saturated rings. The third kappa shape index (κ3) is 4.40. The van der Waals surface area contributed by atoms with Crippen LogP contribution in [0.1, 0.15) is 11.6 Å². The van der Waals surface area contributed by atoms with Crippen molar-refractivity contribution in [3.05, 3.63) is 34.9 Å². The molecule has 0 spiro atoms. The highest BCUT2D eigenvalue weighted by molar-refractivity contribution is 6.30. The highest BCUT2D eigenvalue weighted by Gasteiger charge is 2.23. The monoisotopic (exact) mass is 286 g/mol.